The first-order chi connectivity index (χ1) is 13.1. The predicted octanol–water partition coefficient (Wildman–Crippen LogP) is 3.69. The van der Waals surface area contributed by atoms with Gasteiger partial charge in [0.05, 0.1) is 16.3 Å². The van der Waals surface area contributed by atoms with Crippen LogP contribution in [-0.2, 0) is 0 Å². The van der Waals surface area contributed by atoms with Gasteiger partial charge in [-0.2, -0.15) is 5.10 Å². The lowest BCUT2D eigenvalue weighted by Crippen LogP contribution is -2.46. The topological polar surface area (TPSA) is 71.0 Å². The minimum Gasteiger partial charge on any atom is -0.361 e. The van der Waals surface area contributed by atoms with Gasteiger partial charge in [-0.15, -0.1) is 11.3 Å². The molecule has 0 saturated carbocycles. The van der Waals surface area contributed by atoms with E-state index in [1.165, 1.54) is 11.3 Å². The van der Waals surface area contributed by atoms with Crippen molar-refractivity contribution in [3.63, 3.8) is 0 Å². The largest absolute Gasteiger partial charge is 0.361 e. The number of hydrogen-bond acceptors (Lipinski definition) is 4. The Balaban J connectivity index is 1.67. The van der Waals surface area contributed by atoms with Crippen molar-refractivity contribution in [1.82, 2.24) is 25.9 Å². The van der Waals surface area contributed by atoms with Gasteiger partial charge in [0.15, 0.2) is 5.11 Å². The van der Waals surface area contributed by atoms with Crippen molar-refractivity contribution in [2.24, 2.45) is 0 Å². The van der Waals surface area contributed by atoms with Crippen LogP contribution in [0, 0.1) is 6.92 Å². The summed E-state index contributed by atoms with van der Waals surface area (Å²) in [4.78, 5) is 14.0. The molecule has 2 heterocycles. The molecular weight excluding hydrogens is 378 g/mol. The van der Waals surface area contributed by atoms with Crippen molar-refractivity contribution in [1.29, 1.82) is 0 Å². The first-order valence-electron chi connectivity index (χ1n) is 8.99. The molecule has 27 heavy (non-hydrogen) atoms. The molecule has 0 unspecified atom stereocenters. The Morgan fingerprint density at radius 3 is 2.74 bits per heavy atom. The molecule has 142 valence electrons. The highest BCUT2D eigenvalue weighted by molar-refractivity contribution is 7.80. The summed E-state index contributed by atoms with van der Waals surface area (Å²) in [5, 5.41) is 9.08. The number of rotatable bonds is 6. The minimum atomic E-state index is -0.215. The number of fused-ring (bicyclic) bond motifs is 1. The highest BCUT2D eigenvalue weighted by Gasteiger charge is 2.17. The van der Waals surface area contributed by atoms with E-state index in [9.17, 15) is 4.79 Å². The SMILES string of the molecule is CCCCCNC(=S)NNC(=O)c1cc2c(C)nn(-c3ccccc3)c2s1. The highest BCUT2D eigenvalue weighted by atomic mass is 32.1. The first-order valence-corrected chi connectivity index (χ1v) is 10.2. The van der Waals surface area contributed by atoms with E-state index in [2.05, 4.69) is 28.2 Å². The highest BCUT2D eigenvalue weighted by Crippen LogP contribution is 2.30. The zero-order valence-electron chi connectivity index (χ0n) is 15.4. The number of hydrazine groups is 1. The van der Waals surface area contributed by atoms with Crippen LogP contribution in [0.4, 0.5) is 0 Å². The Morgan fingerprint density at radius 2 is 2.00 bits per heavy atom. The summed E-state index contributed by atoms with van der Waals surface area (Å²) < 4.78 is 1.87. The van der Waals surface area contributed by atoms with Gasteiger partial charge >= 0.3 is 0 Å². The normalized spacial score (nSPS) is 10.7. The number of aryl methyl sites for hydroxylation is 1. The molecule has 0 spiro atoms. The van der Waals surface area contributed by atoms with E-state index >= 15 is 0 Å². The summed E-state index contributed by atoms with van der Waals surface area (Å²) >= 11 is 6.59. The summed E-state index contributed by atoms with van der Waals surface area (Å²) in [7, 11) is 0. The van der Waals surface area contributed by atoms with Crippen LogP contribution in [-0.4, -0.2) is 27.3 Å². The Labute approximate surface area is 167 Å². The Hall–Kier alpha value is -2.45. The molecule has 0 saturated heterocycles. The lowest BCUT2D eigenvalue weighted by atomic mass is 10.2. The maximum Gasteiger partial charge on any atom is 0.279 e. The number of unbranched alkanes of at least 4 members (excludes halogenated alkanes) is 2. The summed E-state index contributed by atoms with van der Waals surface area (Å²) in [6.45, 7) is 4.90. The van der Waals surface area contributed by atoms with E-state index in [0.29, 0.717) is 9.99 Å². The van der Waals surface area contributed by atoms with Gasteiger partial charge in [0, 0.05) is 11.9 Å². The fourth-order valence-corrected chi connectivity index (χ4v) is 3.93. The van der Waals surface area contributed by atoms with Gasteiger partial charge in [-0.25, -0.2) is 4.68 Å². The third kappa shape index (κ3) is 4.64. The minimum absolute atomic E-state index is 0.215. The van der Waals surface area contributed by atoms with E-state index < -0.39 is 0 Å². The van der Waals surface area contributed by atoms with Crippen molar-refractivity contribution in [2.45, 2.75) is 33.1 Å². The van der Waals surface area contributed by atoms with Crippen molar-refractivity contribution >= 4 is 44.8 Å². The number of carbonyl (C=O) groups excluding carboxylic acids is 1. The Kier molecular flexibility index (Phi) is 6.41. The molecule has 0 aliphatic heterocycles. The Bertz CT molecular complexity index is 932. The molecule has 6 nitrogen and oxygen atoms in total. The molecule has 0 fully saturated rings. The number of carbonyl (C=O) groups is 1. The van der Waals surface area contributed by atoms with Gasteiger partial charge in [-0.05, 0) is 43.8 Å². The van der Waals surface area contributed by atoms with Gasteiger partial charge < -0.3 is 5.32 Å². The maximum atomic E-state index is 12.5. The maximum absolute atomic E-state index is 12.5. The third-order valence-electron chi connectivity index (χ3n) is 4.12. The monoisotopic (exact) mass is 401 g/mol. The fourth-order valence-electron chi connectivity index (χ4n) is 2.70. The molecule has 0 aliphatic carbocycles. The predicted molar refractivity (Wildman–Crippen MR) is 114 cm³/mol. The van der Waals surface area contributed by atoms with Crippen molar-refractivity contribution in [2.75, 3.05) is 6.54 Å². The van der Waals surface area contributed by atoms with E-state index in [1.54, 1.807) is 0 Å². The lowest BCUT2D eigenvalue weighted by Gasteiger charge is -2.10. The van der Waals surface area contributed by atoms with Gasteiger partial charge in [-0.1, -0.05) is 38.0 Å². The molecule has 8 heteroatoms. The second kappa shape index (κ2) is 8.96. The summed E-state index contributed by atoms with van der Waals surface area (Å²) in [6.07, 6.45) is 3.36. The molecule has 0 radical (unpaired) electrons. The fraction of sp³-hybridized carbons (Fsp3) is 0.316. The number of hydrogen-bond donors (Lipinski definition) is 3. The van der Waals surface area contributed by atoms with Crippen LogP contribution in [0.1, 0.15) is 41.6 Å². The Morgan fingerprint density at radius 1 is 1.22 bits per heavy atom. The molecular formula is C19H23N5OS2. The number of thiocarbonyl (C=S) groups is 1. The van der Waals surface area contributed by atoms with E-state index in [0.717, 1.165) is 47.4 Å². The van der Waals surface area contributed by atoms with Crippen LogP contribution < -0.4 is 16.2 Å². The second-order valence-electron chi connectivity index (χ2n) is 6.20. The quantitative estimate of drug-likeness (QED) is 0.334. The van der Waals surface area contributed by atoms with Gasteiger partial charge in [0.25, 0.3) is 5.91 Å². The first kappa shape index (κ1) is 19.3. The smallest absolute Gasteiger partial charge is 0.279 e. The van der Waals surface area contributed by atoms with E-state index in [-0.39, 0.29) is 5.91 Å². The molecule has 1 aromatic carbocycles. The van der Waals surface area contributed by atoms with E-state index in [1.807, 2.05) is 48.0 Å². The van der Waals surface area contributed by atoms with Crippen molar-refractivity contribution in [3.05, 3.63) is 47.0 Å². The van der Waals surface area contributed by atoms with Gasteiger partial charge in [0.1, 0.15) is 4.83 Å². The number of para-hydroxylation sites is 1. The molecule has 3 aromatic rings. The molecule has 1 amide bonds. The second-order valence-corrected chi connectivity index (χ2v) is 7.64. The van der Waals surface area contributed by atoms with Crippen LogP contribution in [0.25, 0.3) is 15.9 Å². The third-order valence-corrected chi connectivity index (χ3v) is 5.48. The average molecular weight is 402 g/mol. The molecule has 0 bridgehead atoms. The van der Waals surface area contributed by atoms with Crippen LogP contribution in [0.3, 0.4) is 0 Å². The number of nitrogens with one attached hydrogen (secondary N) is 3. The number of aromatic nitrogens is 2. The van der Waals surface area contributed by atoms with Crippen LogP contribution in [0.2, 0.25) is 0 Å². The molecule has 2 aromatic heterocycles. The van der Waals surface area contributed by atoms with E-state index in [4.69, 9.17) is 12.2 Å². The van der Waals surface area contributed by atoms with Crippen molar-refractivity contribution < 1.29 is 4.79 Å². The zero-order chi connectivity index (χ0) is 19.2. The summed E-state index contributed by atoms with van der Waals surface area (Å²) in [5.74, 6) is -0.215. The number of thiophene rings is 1. The molecule has 0 aliphatic rings. The standard InChI is InChI=1S/C19H23N5OS2/c1-3-4-8-11-20-19(26)22-21-17(25)16-12-15-13(2)23-24(18(15)27-16)14-9-6-5-7-10-14/h5-7,9-10,12H,3-4,8,11H2,1-2H3,(H,21,25)(H2,20,22,26). The summed E-state index contributed by atoms with van der Waals surface area (Å²) in [5.41, 5.74) is 7.28. The lowest BCUT2D eigenvalue weighted by molar-refractivity contribution is 0.0948. The van der Waals surface area contributed by atoms with Crippen LogP contribution in [0.15, 0.2) is 36.4 Å². The zero-order valence-corrected chi connectivity index (χ0v) is 17.0. The number of amides is 1. The van der Waals surface area contributed by atoms with Crippen LogP contribution in [0.5, 0.6) is 0 Å². The van der Waals surface area contributed by atoms with Crippen molar-refractivity contribution in [3.8, 4) is 5.69 Å². The van der Waals surface area contributed by atoms with Gasteiger partial charge in [0.2, 0.25) is 0 Å². The van der Waals surface area contributed by atoms with Crippen LogP contribution >= 0.6 is 23.6 Å². The molecule has 0 atom stereocenters. The molecule has 3 N–H and O–H groups in total. The number of benzene rings is 1. The van der Waals surface area contributed by atoms with Gasteiger partial charge in [-0.3, -0.25) is 15.6 Å². The average Bonchev–Trinajstić information content (AvgIpc) is 3.25. The summed E-state index contributed by atoms with van der Waals surface area (Å²) in [6, 6.07) is 11.8. The number of nitrogens with zero attached hydrogens (tertiary/aromatic N) is 2. The molecule has 3 rings (SSSR count).